The first-order valence-corrected chi connectivity index (χ1v) is 7.33. The third kappa shape index (κ3) is 3.47. The zero-order chi connectivity index (χ0) is 17.8. The molecule has 0 spiro atoms. The predicted octanol–water partition coefficient (Wildman–Crippen LogP) is 3.04. The number of ether oxygens (including phenoxy) is 1. The first kappa shape index (κ1) is 16.2. The third-order valence-corrected chi connectivity index (χ3v) is 3.48. The maximum Gasteiger partial charge on any atom is 0.276 e. The Hall–Kier alpha value is -3.68. The molecule has 0 aliphatic rings. The van der Waals surface area contributed by atoms with Crippen molar-refractivity contribution in [2.45, 2.75) is 0 Å². The number of nitrogens with one attached hydrogen (secondary N) is 1. The van der Waals surface area contributed by atoms with E-state index < -0.39 is 10.8 Å². The Morgan fingerprint density at radius 1 is 1.20 bits per heavy atom. The summed E-state index contributed by atoms with van der Waals surface area (Å²) in [6.07, 6.45) is 1.66. The third-order valence-electron chi connectivity index (χ3n) is 3.48. The van der Waals surface area contributed by atoms with Crippen molar-refractivity contribution < 1.29 is 14.5 Å². The van der Waals surface area contributed by atoms with Crippen LogP contribution in [0.3, 0.4) is 0 Å². The number of non-ortho nitro benzene ring substituents is 1. The molecule has 1 heterocycles. The Morgan fingerprint density at radius 3 is 2.64 bits per heavy atom. The van der Waals surface area contributed by atoms with Gasteiger partial charge in [0.05, 0.1) is 23.4 Å². The summed E-state index contributed by atoms with van der Waals surface area (Å²) in [7, 11) is 1.42. The lowest BCUT2D eigenvalue weighted by Gasteiger charge is -2.09. The van der Waals surface area contributed by atoms with Crippen molar-refractivity contribution in [2.75, 3.05) is 12.4 Å². The van der Waals surface area contributed by atoms with Gasteiger partial charge in [-0.25, -0.2) is 4.68 Å². The number of nitro benzene ring substituents is 1. The molecule has 0 atom stereocenters. The summed E-state index contributed by atoms with van der Waals surface area (Å²) in [5, 5.41) is 17.7. The molecule has 0 aliphatic heterocycles. The summed E-state index contributed by atoms with van der Waals surface area (Å²) < 4.78 is 6.70. The second kappa shape index (κ2) is 6.83. The van der Waals surface area contributed by atoms with Crippen LogP contribution in [-0.4, -0.2) is 27.7 Å². The van der Waals surface area contributed by atoms with Crippen LogP contribution in [0.5, 0.6) is 5.75 Å². The number of aromatic nitrogens is 2. The Balaban J connectivity index is 1.84. The Morgan fingerprint density at radius 2 is 1.96 bits per heavy atom. The van der Waals surface area contributed by atoms with Gasteiger partial charge in [0.1, 0.15) is 5.75 Å². The minimum atomic E-state index is -0.542. The van der Waals surface area contributed by atoms with Gasteiger partial charge in [-0.05, 0) is 24.3 Å². The number of hydrogen-bond donors (Lipinski definition) is 1. The van der Waals surface area contributed by atoms with Gasteiger partial charge in [-0.3, -0.25) is 14.9 Å². The van der Waals surface area contributed by atoms with Gasteiger partial charge in [0, 0.05) is 18.3 Å². The molecule has 3 aromatic rings. The Kier molecular flexibility index (Phi) is 4.42. The molecule has 0 aliphatic carbocycles. The number of carbonyl (C=O) groups excluding carboxylic acids is 1. The minimum absolute atomic E-state index is 0.147. The van der Waals surface area contributed by atoms with Crippen LogP contribution in [0.25, 0.3) is 5.69 Å². The largest absolute Gasteiger partial charge is 0.495 e. The topological polar surface area (TPSA) is 99.3 Å². The van der Waals surface area contributed by atoms with Crippen molar-refractivity contribution in [2.24, 2.45) is 0 Å². The first-order chi connectivity index (χ1) is 12.1. The SMILES string of the molecule is COc1ccc([N+](=O)[O-])cc1NC(=O)c1ccn(-c2ccccc2)n1. The van der Waals surface area contributed by atoms with Crippen LogP contribution < -0.4 is 10.1 Å². The number of benzene rings is 2. The van der Waals surface area contributed by atoms with E-state index in [1.807, 2.05) is 30.3 Å². The molecule has 25 heavy (non-hydrogen) atoms. The molecule has 1 N–H and O–H groups in total. The van der Waals surface area contributed by atoms with Crippen molar-refractivity contribution in [3.63, 3.8) is 0 Å². The van der Waals surface area contributed by atoms with Gasteiger partial charge >= 0.3 is 0 Å². The smallest absolute Gasteiger partial charge is 0.276 e. The van der Waals surface area contributed by atoms with E-state index in [0.29, 0.717) is 5.75 Å². The fraction of sp³-hybridized carbons (Fsp3) is 0.0588. The van der Waals surface area contributed by atoms with E-state index in [1.165, 1.54) is 25.3 Å². The Bertz CT molecular complexity index is 921. The highest BCUT2D eigenvalue weighted by molar-refractivity contribution is 6.03. The zero-order valence-corrected chi connectivity index (χ0v) is 13.2. The first-order valence-electron chi connectivity index (χ1n) is 7.33. The summed E-state index contributed by atoms with van der Waals surface area (Å²) in [5.74, 6) is -0.171. The number of rotatable bonds is 5. The number of nitrogens with zero attached hydrogens (tertiary/aromatic N) is 3. The summed E-state index contributed by atoms with van der Waals surface area (Å²) in [4.78, 5) is 22.8. The second-order valence-corrected chi connectivity index (χ2v) is 5.08. The predicted molar refractivity (Wildman–Crippen MR) is 91.2 cm³/mol. The van der Waals surface area contributed by atoms with Crippen molar-refractivity contribution in [1.29, 1.82) is 0 Å². The molecule has 3 rings (SSSR count). The van der Waals surface area contributed by atoms with Crippen molar-refractivity contribution in [1.82, 2.24) is 9.78 Å². The number of hydrogen-bond acceptors (Lipinski definition) is 5. The molecule has 0 fully saturated rings. The molecule has 0 saturated heterocycles. The number of anilines is 1. The standard InChI is InChI=1S/C17H14N4O4/c1-25-16-8-7-13(21(23)24)11-15(16)18-17(22)14-9-10-20(19-14)12-5-3-2-4-6-12/h2-11H,1H3,(H,18,22). The fourth-order valence-electron chi connectivity index (χ4n) is 2.26. The molecule has 8 nitrogen and oxygen atoms in total. The van der Waals surface area contributed by atoms with E-state index in [-0.39, 0.29) is 17.1 Å². The lowest BCUT2D eigenvalue weighted by molar-refractivity contribution is -0.384. The van der Waals surface area contributed by atoms with E-state index in [2.05, 4.69) is 10.4 Å². The van der Waals surface area contributed by atoms with Crippen LogP contribution in [0.1, 0.15) is 10.5 Å². The Labute approximate surface area is 142 Å². The van der Waals surface area contributed by atoms with Gasteiger partial charge in [0.15, 0.2) is 5.69 Å². The van der Waals surface area contributed by atoms with Crippen LogP contribution in [0, 0.1) is 10.1 Å². The lowest BCUT2D eigenvalue weighted by Crippen LogP contribution is -2.14. The monoisotopic (exact) mass is 338 g/mol. The maximum atomic E-state index is 12.4. The van der Waals surface area contributed by atoms with E-state index in [9.17, 15) is 14.9 Å². The van der Waals surface area contributed by atoms with Crippen LogP contribution >= 0.6 is 0 Å². The minimum Gasteiger partial charge on any atom is -0.495 e. The van der Waals surface area contributed by atoms with Gasteiger partial charge in [0.2, 0.25) is 0 Å². The quantitative estimate of drug-likeness (QED) is 0.569. The molecular formula is C17H14N4O4. The zero-order valence-electron chi connectivity index (χ0n) is 13.2. The van der Waals surface area contributed by atoms with Gasteiger partial charge in [-0.2, -0.15) is 5.10 Å². The van der Waals surface area contributed by atoms with E-state index >= 15 is 0 Å². The van der Waals surface area contributed by atoms with Crippen LogP contribution in [0.15, 0.2) is 60.8 Å². The maximum absolute atomic E-state index is 12.4. The van der Waals surface area contributed by atoms with Gasteiger partial charge < -0.3 is 10.1 Å². The van der Waals surface area contributed by atoms with Gasteiger partial charge in [-0.15, -0.1) is 0 Å². The van der Waals surface area contributed by atoms with Crippen LogP contribution in [0.4, 0.5) is 11.4 Å². The fourth-order valence-corrected chi connectivity index (χ4v) is 2.26. The molecule has 2 aromatic carbocycles. The van der Waals surface area contributed by atoms with Gasteiger partial charge in [-0.1, -0.05) is 18.2 Å². The average Bonchev–Trinajstić information content (AvgIpc) is 3.12. The van der Waals surface area contributed by atoms with E-state index in [1.54, 1.807) is 16.9 Å². The highest BCUT2D eigenvalue weighted by atomic mass is 16.6. The summed E-state index contributed by atoms with van der Waals surface area (Å²) in [6, 6.07) is 14.9. The summed E-state index contributed by atoms with van der Waals surface area (Å²) in [5.41, 5.74) is 1.05. The molecule has 8 heteroatoms. The van der Waals surface area contributed by atoms with Crippen molar-refractivity contribution in [3.05, 3.63) is 76.6 Å². The van der Waals surface area contributed by atoms with Crippen molar-refractivity contribution in [3.8, 4) is 11.4 Å². The molecule has 0 unspecified atom stereocenters. The highest BCUT2D eigenvalue weighted by Crippen LogP contribution is 2.29. The molecule has 1 aromatic heterocycles. The number of carbonyl (C=O) groups is 1. The number of nitro groups is 1. The normalized spacial score (nSPS) is 10.3. The van der Waals surface area contributed by atoms with Gasteiger partial charge in [0.25, 0.3) is 11.6 Å². The average molecular weight is 338 g/mol. The lowest BCUT2D eigenvalue weighted by atomic mass is 10.2. The van der Waals surface area contributed by atoms with Crippen LogP contribution in [0.2, 0.25) is 0 Å². The molecule has 0 saturated carbocycles. The second-order valence-electron chi connectivity index (χ2n) is 5.08. The summed E-state index contributed by atoms with van der Waals surface area (Å²) in [6.45, 7) is 0. The molecule has 1 amide bonds. The molecule has 0 radical (unpaired) electrons. The number of amides is 1. The summed E-state index contributed by atoms with van der Waals surface area (Å²) >= 11 is 0. The highest BCUT2D eigenvalue weighted by Gasteiger charge is 2.16. The molecule has 0 bridgehead atoms. The van der Waals surface area contributed by atoms with Crippen LogP contribution in [-0.2, 0) is 0 Å². The van der Waals surface area contributed by atoms with E-state index in [0.717, 1.165) is 5.69 Å². The number of methoxy groups -OCH3 is 1. The molecular weight excluding hydrogens is 324 g/mol. The van der Waals surface area contributed by atoms with E-state index in [4.69, 9.17) is 4.74 Å². The van der Waals surface area contributed by atoms with Crippen molar-refractivity contribution >= 4 is 17.3 Å². The number of para-hydroxylation sites is 1. The molecule has 126 valence electrons.